The monoisotopic (exact) mass is 503 g/mol. The molecule has 1 amide bonds. The van der Waals surface area contributed by atoms with E-state index in [0.717, 1.165) is 28.5 Å². The van der Waals surface area contributed by atoms with Gasteiger partial charge in [-0.25, -0.2) is 0 Å². The van der Waals surface area contributed by atoms with Crippen LogP contribution in [0.1, 0.15) is 52.0 Å². The van der Waals surface area contributed by atoms with Crippen LogP contribution in [0.2, 0.25) is 0 Å². The summed E-state index contributed by atoms with van der Waals surface area (Å²) >= 11 is 3.50. The van der Waals surface area contributed by atoms with Crippen molar-refractivity contribution in [3.05, 3.63) is 45.6 Å². The van der Waals surface area contributed by atoms with Gasteiger partial charge in [0.25, 0.3) is 0 Å². The molecule has 32 heavy (non-hydrogen) atoms. The molecule has 1 saturated heterocycles. The fourth-order valence-electron chi connectivity index (χ4n) is 4.57. The fraction of sp³-hybridized carbons (Fsp3) is 0.600. The third-order valence-corrected chi connectivity index (χ3v) is 7.05. The zero-order chi connectivity index (χ0) is 23.5. The first kappa shape index (κ1) is 24.8. The van der Waals surface area contributed by atoms with Crippen LogP contribution in [0.5, 0.6) is 0 Å². The van der Waals surface area contributed by atoms with Crippen molar-refractivity contribution in [1.82, 2.24) is 20.4 Å². The van der Waals surface area contributed by atoms with Gasteiger partial charge in [0.05, 0.1) is 5.92 Å². The molecule has 1 aliphatic carbocycles. The number of benzene rings is 1. The predicted octanol–water partition coefficient (Wildman–Crippen LogP) is 3.95. The lowest BCUT2D eigenvalue weighted by Gasteiger charge is -2.39. The molecule has 7 heteroatoms. The van der Waals surface area contributed by atoms with Gasteiger partial charge < -0.3 is 20.4 Å². The summed E-state index contributed by atoms with van der Waals surface area (Å²) in [7, 11) is 1.95. The van der Waals surface area contributed by atoms with Gasteiger partial charge in [-0.1, -0.05) is 35.0 Å². The Morgan fingerprint density at radius 2 is 1.75 bits per heavy atom. The Bertz CT molecular complexity index is 850. The molecule has 0 saturated carbocycles. The highest BCUT2D eigenvalue weighted by Crippen LogP contribution is 2.32. The van der Waals surface area contributed by atoms with Crippen molar-refractivity contribution in [2.24, 2.45) is 5.92 Å². The van der Waals surface area contributed by atoms with Crippen LogP contribution in [-0.4, -0.2) is 66.9 Å². The maximum atomic E-state index is 13.6. The molecule has 3 N–H and O–H groups in total. The number of hydrogen-bond donors (Lipinski definition) is 3. The SMILES string of the molecule is CNC1=C(C(=N)N2CCN(C(=O)[C@H](CNC(C)(C)C)c3ccc(Br)cc3)CC2)[C@H](C)CC1. The summed E-state index contributed by atoms with van der Waals surface area (Å²) in [6.45, 7) is 11.9. The average molecular weight is 505 g/mol. The minimum absolute atomic E-state index is 0.0572. The molecule has 1 aromatic carbocycles. The first-order valence-electron chi connectivity index (χ1n) is 11.6. The Labute approximate surface area is 201 Å². The molecule has 2 atom stereocenters. The standard InChI is InChI=1S/C25H38BrN5O/c1-17-6-11-21(28-5)22(17)23(27)30-12-14-31(15-13-30)24(32)20(16-29-25(2,3)4)18-7-9-19(26)10-8-18/h7-10,17,20,27-29H,6,11-16H2,1-5H3/t17-,20-/m1/s1. The topological polar surface area (TPSA) is 71.5 Å². The second-order valence-corrected chi connectivity index (χ2v) is 10.9. The van der Waals surface area contributed by atoms with Crippen LogP contribution in [0.15, 0.2) is 40.0 Å². The Hall–Kier alpha value is -1.86. The van der Waals surface area contributed by atoms with E-state index in [2.05, 4.69) is 59.2 Å². The van der Waals surface area contributed by atoms with E-state index in [9.17, 15) is 4.79 Å². The number of rotatable bonds is 6. The molecule has 176 valence electrons. The first-order chi connectivity index (χ1) is 15.1. The summed E-state index contributed by atoms with van der Waals surface area (Å²) in [5.41, 5.74) is 3.32. The molecule has 0 unspecified atom stereocenters. The van der Waals surface area contributed by atoms with Gasteiger partial charge in [-0.05, 0) is 57.2 Å². The second kappa shape index (κ2) is 10.4. The van der Waals surface area contributed by atoms with E-state index < -0.39 is 0 Å². The molecule has 0 bridgehead atoms. The van der Waals surface area contributed by atoms with Crippen molar-refractivity contribution in [3.8, 4) is 0 Å². The smallest absolute Gasteiger partial charge is 0.231 e. The van der Waals surface area contributed by atoms with Crippen molar-refractivity contribution in [2.45, 2.75) is 52.0 Å². The van der Waals surface area contributed by atoms with Gasteiger partial charge in [0.1, 0.15) is 5.84 Å². The summed E-state index contributed by atoms with van der Waals surface area (Å²) in [4.78, 5) is 17.7. The summed E-state index contributed by atoms with van der Waals surface area (Å²) < 4.78 is 1.01. The zero-order valence-corrected chi connectivity index (χ0v) is 21.7. The number of carbonyl (C=O) groups excluding carboxylic acids is 1. The lowest BCUT2D eigenvalue weighted by molar-refractivity contribution is -0.134. The summed E-state index contributed by atoms with van der Waals surface area (Å²) in [6.07, 6.45) is 2.12. The van der Waals surface area contributed by atoms with Crippen LogP contribution in [0.3, 0.4) is 0 Å². The van der Waals surface area contributed by atoms with Crippen molar-refractivity contribution in [3.63, 3.8) is 0 Å². The molecule has 1 heterocycles. The Kier molecular flexibility index (Phi) is 8.04. The van der Waals surface area contributed by atoms with E-state index in [4.69, 9.17) is 5.41 Å². The van der Waals surface area contributed by atoms with Gasteiger partial charge in [-0.2, -0.15) is 0 Å². The third kappa shape index (κ3) is 5.93. The summed E-state index contributed by atoms with van der Waals surface area (Å²) in [5.74, 6) is 0.988. The molecule has 1 fully saturated rings. The van der Waals surface area contributed by atoms with Gasteiger partial charge in [-0.3, -0.25) is 10.2 Å². The van der Waals surface area contributed by atoms with Crippen LogP contribution in [-0.2, 0) is 4.79 Å². The molecule has 0 spiro atoms. The van der Waals surface area contributed by atoms with Crippen molar-refractivity contribution in [1.29, 1.82) is 5.41 Å². The van der Waals surface area contributed by atoms with E-state index in [1.54, 1.807) is 0 Å². The molecular weight excluding hydrogens is 466 g/mol. The number of allylic oxidation sites excluding steroid dienone is 1. The fourth-order valence-corrected chi connectivity index (χ4v) is 4.83. The van der Waals surface area contributed by atoms with Gasteiger partial charge in [0.2, 0.25) is 5.91 Å². The molecule has 0 aromatic heterocycles. The van der Waals surface area contributed by atoms with Gasteiger partial charge in [0.15, 0.2) is 0 Å². The lowest BCUT2D eigenvalue weighted by atomic mass is 9.95. The van der Waals surface area contributed by atoms with E-state index in [1.807, 2.05) is 36.2 Å². The zero-order valence-electron chi connectivity index (χ0n) is 20.1. The number of halogens is 1. The quantitative estimate of drug-likeness (QED) is 0.406. The lowest BCUT2D eigenvalue weighted by Crippen LogP contribution is -2.53. The molecule has 0 radical (unpaired) electrons. The number of hydrogen-bond acceptors (Lipinski definition) is 4. The number of amidine groups is 1. The average Bonchev–Trinajstić information content (AvgIpc) is 3.14. The summed E-state index contributed by atoms with van der Waals surface area (Å²) in [6, 6.07) is 8.08. The van der Waals surface area contributed by atoms with E-state index >= 15 is 0 Å². The van der Waals surface area contributed by atoms with E-state index in [1.165, 1.54) is 5.70 Å². The van der Waals surface area contributed by atoms with Crippen molar-refractivity contribution < 1.29 is 4.79 Å². The minimum atomic E-state index is -0.221. The van der Waals surface area contributed by atoms with Gasteiger partial charge in [-0.15, -0.1) is 0 Å². The highest BCUT2D eigenvalue weighted by atomic mass is 79.9. The number of nitrogens with one attached hydrogen (secondary N) is 3. The van der Waals surface area contributed by atoms with Crippen LogP contribution >= 0.6 is 15.9 Å². The predicted molar refractivity (Wildman–Crippen MR) is 135 cm³/mol. The number of piperazine rings is 1. The molecule has 3 rings (SSSR count). The van der Waals surface area contributed by atoms with Crippen LogP contribution in [0.4, 0.5) is 0 Å². The normalized spacial score (nSPS) is 20.5. The van der Waals surface area contributed by atoms with Crippen molar-refractivity contribution >= 4 is 27.7 Å². The van der Waals surface area contributed by atoms with Crippen molar-refractivity contribution in [2.75, 3.05) is 39.8 Å². The van der Waals surface area contributed by atoms with Crippen LogP contribution in [0.25, 0.3) is 0 Å². The molecule has 2 aliphatic rings. The first-order valence-corrected chi connectivity index (χ1v) is 12.4. The highest BCUT2D eigenvalue weighted by molar-refractivity contribution is 9.10. The molecule has 1 aliphatic heterocycles. The third-order valence-electron chi connectivity index (χ3n) is 6.52. The largest absolute Gasteiger partial charge is 0.391 e. The maximum Gasteiger partial charge on any atom is 0.231 e. The number of nitrogens with zero attached hydrogens (tertiary/aromatic N) is 2. The number of amides is 1. The van der Waals surface area contributed by atoms with Gasteiger partial charge in [0, 0.05) is 61.1 Å². The van der Waals surface area contributed by atoms with Gasteiger partial charge >= 0.3 is 0 Å². The second-order valence-electron chi connectivity index (χ2n) is 9.98. The molecular formula is C25H38BrN5O. The molecule has 1 aromatic rings. The van der Waals surface area contributed by atoms with Crippen LogP contribution < -0.4 is 10.6 Å². The highest BCUT2D eigenvalue weighted by Gasteiger charge is 2.33. The Morgan fingerprint density at radius 1 is 1.16 bits per heavy atom. The minimum Gasteiger partial charge on any atom is -0.391 e. The van der Waals surface area contributed by atoms with Crippen LogP contribution in [0, 0.1) is 11.3 Å². The van der Waals surface area contributed by atoms with E-state index in [0.29, 0.717) is 44.5 Å². The number of carbonyl (C=O) groups is 1. The molecule has 6 nitrogen and oxygen atoms in total. The Morgan fingerprint density at radius 3 is 2.31 bits per heavy atom. The Balaban J connectivity index is 1.68. The summed E-state index contributed by atoms with van der Waals surface area (Å²) in [5, 5.41) is 15.6. The maximum absolute atomic E-state index is 13.6. The van der Waals surface area contributed by atoms with E-state index in [-0.39, 0.29) is 17.4 Å².